The number of aromatic nitrogens is 1. The van der Waals surface area contributed by atoms with E-state index in [1.54, 1.807) is 18.3 Å². The van der Waals surface area contributed by atoms with Gasteiger partial charge in [-0.1, -0.05) is 31.2 Å². The Morgan fingerprint density at radius 3 is 2.95 bits per heavy atom. The number of benzene rings is 1. The maximum atomic E-state index is 11.1. The summed E-state index contributed by atoms with van der Waals surface area (Å²) in [5.74, 6) is -0.873. The van der Waals surface area contributed by atoms with Crippen LogP contribution in [-0.4, -0.2) is 16.1 Å². The van der Waals surface area contributed by atoms with Crippen LogP contribution in [0.15, 0.2) is 24.3 Å². The average molecular weight is 273 g/mol. The summed E-state index contributed by atoms with van der Waals surface area (Å²) >= 11 is 1.55. The number of hydrogen-bond donors (Lipinski definition) is 1. The third kappa shape index (κ3) is 1.96. The molecule has 3 rings (SSSR count). The summed E-state index contributed by atoms with van der Waals surface area (Å²) in [5.41, 5.74) is 3.47. The molecular formula is C15H15NO2S. The summed E-state index contributed by atoms with van der Waals surface area (Å²) in [5, 5.41) is 9.82. The molecule has 0 spiro atoms. The first-order valence-electron chi connectivity index (χ1n) is 6.39. The number of hydrogen-bond acceptors (Lipinski definition) is 3. The van der Waals surface area contributed by atoms with Crippen molar-refractivity contribution in [2.75, 3.05) is 0 Å². The van der Waals surface area contributed by atoms with Crippen LogP contribution in [-0.2, 0) is 11.2 Å². The summed E-state index contributed by atoms with van der Waals surface area (Å²) in [6, 6.07) is 8.29. The second-order valence-electron chi connectivity index (χ2n) is 5.08. The molecule has 0 aliphatic heterocycles. The SMILES string of the molecule is CC1Cc2sc(C(C)C(=O)O)nc2-c2ccccc21. The van der Waals surface area contributed by atoms with Crippen molar-refractivity contribution >= 4 is 17.3 Å². The van der Waals surface area contributed by atoms with E-state index in [9.17, 15) is 4.79 Å². The number of fused-ring (bicyclic) bond motifs is 3. The van der Waals surface area contributed by atoms with Crippen LogP contribution < -0.4 is 0 Å². The normalized spacial score (nSPS) is 18.5. The molecule has 1 aliphatic rings. The van der Waals surface area contributed by atoms with Gasteiger partial charge in [0.05, 0.1) is 5.69 Å². The van der Waals surface area contributed by atoms with Gasteiger partial charge in [-0.15, -0.1) is 11.3 Å². The molecule has 0 saturated carbocycles. The lowest BCUT2D eigenvalue weighted by Gasteiger charge is -2.21. The molecule has 2 unspecified atom stereocenters. The number of thiazole rings is 1. The van der Waals surface area contributed by atoms with Crippen LogP contribution in [0.5, 0.6) is 0 Å². The van der Waals surface area contributed by atoms with Gasteiger partial charge in [-0.25, -0.2) is 4.98 Å². The van der Waals surface area contributed by atoms with Gasteiger partial charge in [0.2, 0.25) is 0 Å². The molecule has 1 aliphatic carbocycles. The first-order chi connectivity index (χ1) is 9.08. The van der Waals surface area contributed by atoms with Gasteiger partial charge in [0, 0.05) is 10.4 Å². The quantitative estimate of drug-likeness (QED) is 0.908. The third-order valence-electron chi connectivity index (χ3n) is 3.69. The fourth-order valence-corrected chi connectivity index (χ4v) is 3.79. The number of aliphatic carboxylic acids is 1. The largest absolute Gasteiger partial charge is 0.481 e. The van der Waals surface area contributed by atoms with Crippen molar-refractivity contribution in [3.8, 4) is 11.3 Å². The Morgan fingerprint density at radius 1 is 1.47 bits per heavy atom. The van der Waals surface area contributed by atoms with Gasteiger partial charge in [0.25, 0.3) is 0 Å². The maximum Gasteiger partial charge on any atom is 0.313 e. The first kappa shape index (κ1) is 12.4. The maximum absolute atomic E-state index is 11.1. The molecule has 0 radical (unpaired) electrons. The molecule has 0 fully saturated rings. The van der Waals surface area contributed by atoms with Crippen LogP contribution in [0.25, 0.3) is 11.3 Å². The zero-order valence-electron chi connectivity index (χ0n) is 10.9. The lowest BCUT2D eigenvalue weighted by atomic mass is 9.86. The standard InChI is InChI=1S/C15H15NO2S/c1-8-7-12-13(11-6-4-3-5-10(8)11)16-14(19-12)9(2)15(17)18/h3-6,8-9H,7H2,1-2H3,(H,17,18). The molecule has 0 saturated heterocycles. The molecule has 2 atom stereocenters. The Bertz CT molecular complexity index is 647. The van der Waals surface area contributed by atoms with Gasteiger partial charge in [-0.2, -0.15) is 0 Å². The van der Waals surface area contributed by atoms with Crippen LogP contribution in [0, 0.1) is 0 Å². The van der Waals surface area contributed by atoms with E-state index >= 15 is 0 Å². The van der Waals surface area contributed by atoms with E-state index in [4.69, 9.17) is 5.11 Å². The van der Waals surface area contributed by atoms with Crippen LogP contribution >= 0.6 is 11.3 Å². The molecule has 19 heavy (non-hydrogen) atoms. The van der Waals surface area contributed by atoms with Crippen LogP contribution in [0.1, 0.15) is 41.1 Å². The molecule has 2 aromatic rings. The number of carboxylic acids is 1. The molecule has 3 nitrogen and oxygen atoms in total. The lowest BCUT2D eigenvalue weighted by molar-refractivity contribution is -0.138. The number of nitrogens with zero attached hydrogens (tertiary/aromatic N) is 1. The summed E-state index contributed by atoms with van der Waals surface area (Å²) in [4.78, 5) is 16.9. The molecular weight excluding hydrogens is 258 g/mol. The highest BCUT2D eigenvalue weighted by atomic mass is 32.1. The molecule has 0 amide bonds. The predicted molar refractivity (Wildman–Crippen MR) is 75.7 cm³/mol. The van der Waals surface area contributed by atoms with Gasteiger partial charge < -0.3 is 5.11 Å². The number of carboxylic acid groups (broad SMARTS) is 1. The second-order valence-corrected chi connectivity index (χ2v) is 6.19. The molecule has 1 aromatic heterocycles. The van der Waals surface area contributed by atoms with Crippen molar-refractivity contribution in [2.45, 2.75) is 32.1 Å². The fraction of sp³-hybridized carbons (Fsp3) is 0.333. The molecule has 1 heterocycles. The van der Waals surface area contributed by atoms with Gasteiger partial charge in [-0.3, -0.25) is 4.79 Å². The summed E-state index contributed by atoms with van der Waals surface area (Å²) in [6.45, 7) is 3.91. The van der Waals surface area contributed by atoms with Crippen LogP contribution in [0.3, 0.4) is 0 Å². The van der Waals surface area contributed by atoms with E-state index in [1.165, 1.54) is 10.4 Å². The smallest absolute Gasteiger partial charge is 0.313 e. The highest BCUT2D eigenvalue weighted by Gasteiger charge is 2.27. The highest BCUT2D eigenvalue weighted by Crippen LogP contribution is 2.42. The number of carbonyl (C=O) groups is 1. The number of rotatable bonds is 2. The van der Waals surface area contributed by atoms with Gasteiger partial charge >= 0.3 is 5.97 Å². The zero-order chi connectivity index (χ0) is 13.6. The monoisotopic (exact) mass is 273 g/mol. The minimum atomic E-state index is -0.813. The molecule has 98 valence electrons. The molecule has 1 aromatic carbocycles. The molecule has 4 heteroatoms. The van der Waals surface area contributed by atoms with E-state index < -0.39 is 11.9 Å². The van der Waals surface area contributed by atoms with E-state index in [2.05, 4.69) is 24.0 Å². The van der Waals surface area contributed by atoms with E-state index in [0.29, 0.717) is 10.9 Å². The first-order valence-corrected chi connectivity index (χ1v) is 7.21. The Morgan fingerprint density at radius 2 is 2.21 bits per heavy atom. The minimum absolute atomic E-state index is 0.470. The second kappa shape index (κ2) is 4.46. The lowest BCUT2D eigenvalue weighted by Crippen LogP contribution is -2.07. The zero-order valence-corrected chi connectivity index (χ0v) is 11.7. The predicted octanol–water partition coefficient (Wildman–Crippen LogP) is 3.66. The van der Waals surface area contributed by atoms with E-state index in [0.717, 1.165) is 17.7 Å². The molecule has 1 N–H and O–H groups in total. The van der Waals surface area contributed by atoms with Crippen molar-refractivity contribution in [3.63, 3.8) is 0 Å². The summed E-state index contributed by atoms with van der Waals surface area (Å²) in [6.07, 6.45) is 0.955. The highest BCUT2D eigenvalue weighted by molar-refractivity contribution is 7.12. The van der Waals surface area contributed by atoms with Crippen molar-refractivity contribution < 1.29 is 9.90 Å². The molecule has 0 bridgehead atoms. The van der Waals surface area contributed by atoms with Crippen molar-refractivity contribution in [2.24, 2.45) is 0 Å². The van der Waals surface area contributed by atoms with Crippen molar-refractivity contribution in [1.29, 1.82) is 0 Å². The van der Waals surface area contributed by atoms with Crippen LogP contribution in [0.2, 0.25) is 0 Å². The van der Waals surface area contributed by atoms with Crippen molar-refractivity contribution in [1.82, 2.24) is 4.98 Å². The van der Waals surface area contributed by atoms with Gasteiger partial charge in [0.15, 0.2) is 0 Å². The Hall–Kier alpha value is -1.68. The summed E-state index contributed by atoms with van der Waals surface area (Å²) < 4.78 is 0. The summed E-state index contributed by atoms with van der Waals surface area (Å²) in [7, 11) is 0. The Labute approximate surface area is 115 Å². The van der Waals surface area contributed by atoms with E-state index in [1.807, 2.05) is 12.1 Å². The fourth-order valence-electron chi connectivity index (χ4n) is 2.54. The minimum Gasteiger partial charge on any atom is -0.481 e. The topological polar surface area (TPSA) is 50.2 Å². The Kier molecular flexibility index (Phi) is 2.90. The third-order valence-corrected chi connectivity index (χ3v) is 4.95. The average Bonchev–Trinajstić information content (AvgIpc) is 2.82. The van der Waals surface area contributed by atoms with Crippen LogP contribution in [0.4, 0.5) is 0 Å². The van der Waals surface area contributed by atoms with Crippen molar-refractivity contribution in [3.05, 3.63) is 39.7 Å². The van der Waals surface area contributed by atoms with Gasteiger partial charge in [0.1, 0.15) is 10.9 Å². The van der Waals surface area contributed by atoms with E-state index in [-0.39, 0.29) is 0 Å². The van der Waals surface area contributed by atoms with Gasteiger partial charge in [-0.05, 0) is 24.8 Å². The Balaban J connectivity index is 2.12.